The van der Waals surface area contributed by atoms with E-state index >= 15 is 0 Å². The zero-order chi connectivity index (χ0) is 40.3. The maximum absolute atomic E-state index is 13.8. The lowest BCUT2D eigenvalue weighted by Gasteiger charge is -2.32. The van der Waals surface area contributed by atoms with E-state index in [0.29, 0.717) is 106 Å². The van der Waals surface area contributed by atoms with Crippen LogP contribution in [0.25, 0.3) is 0 Å². The molecule has 10 heteroatoms. The number of esters is 4. The molecule has 54 heavy (non-hydrogen) atoms. The van der Waals surface area contributed by atoms with E-state index in [0.717, 1.165) is 0 Å². The summed E-state index contributed by atoms with van der Waals surface area (Å²) in [5.41, 5.74) is 4.95. The van der Waals surface area contributed by atoms with Crippen molar-refractivity contribution < 1.29 is 38.1 Å². The average molecular weight is 749 g/mol. The number of rotatable bonds is 18. The lowest BCUT2D eigenvalue weighted by atomic mass is 9.77. The van der Waals surface area contributed by atoms with E-state index in [1.165, 1.54) is 0 Å². The molecule has 0 fully saturated rings. The molecule has 3 rings (SSSR count). The molecule has 0 unspecified atom stereocenters. The van der Waals surface area contributed by atoms with E-state index < -0.39 is 35.7 Å². The summed E-state index contributed by atoms with van der Waals surface area (Å²) >= 11 is 0. The minimum atomic E-state index is -0.790. The molecule has 0 aliphatic carbocycles. The third-order valence-corrected chi connectivity index (χ3v) is 9.72. The minimum Gasteiger partial charge on any atom is -0.462 e. The van der Waals surface area contributed by atoms with E-state index in [9.17, 15) is 19.2 Å². The summed E-state index contributed by atoms with van der Waals surface area (Å²) in [5, 5.41) is 6.46. The quantitative estimate of drug-likeness (QED) is 0.111. The molecule has 0 bridgehead atoms. The Morgan fingerprint density at radius 3 is 0.833 bits per heavy atom. The van der Waals surface area contributed by atoms with Crippen molar-refractivity contribution in [3.63, 3.8) is 0 Å². The summed E-state index contributed by atoms with van der Waals surface area (Å²) in [6.07, 6.45) is 2.80. The summed E-state index contributed by atoms with van der Waals surface area (Å²) < 4.78 is 23.1. The van der Waals surface area contributed by atoms with Gasteiger partial charge in [0.05, 0.1) is 60.6 Å². The number of carbonyl (C=O) groups excluding carboxylic acids is 4. The lowest BCUT2D eigenvalue weighted by molar-refractivity contribution is -0.142. The molecule has 298 valence electrons. The highest BCUT2D eigenvalue weighted by Crippen LogP contribution is 2.43. The lowest BCUT2D eigenvalue weighted by Crippen LogP contribution is -2.33. The van der Waals surface area contributed by atoms with Crippen molar-refractivity contribution in [1.29, 1.82) is 0 Å². The van der Waals surface area contributed by atoms with Gasteiger partial charge in [-0.2, -0.15) is 0 Å². The Labute approximate surface area is 323 Å². The van der Waals surface area contributed by atoms with Gasteiger partial charge in [0.25, 0.3) is 0 Å². The largest absolute Gasteiger partial charge is 0.462 e. The predicted octanol–water partition coefficient (Wildman–Crippen LogP) is 8.51. The van der Waals surface area contributed by atoms with E-state index in [1.807, 2.05) is 24.3 Å². The molecule has 0 radical (unpaired) electrons. The molecule has 1 aromatic rings. The molecule has 10 nitrogen and oxygen atoms in total. The fourth-order valence-corrected chi connectivity index (χ4v) is 6.48. The van der Waals surface area contributed by atoms with Crippen LogP contribution in [0.2, 0.25) is 0 Å². The normalized spacial score (nSPS) is 15.7. The Kier molecular flexibility index (Phi) is 16.6. The van der Waals surface area contributed by atoms with Gasteiger partial charge in [0.1, 0.15) is 0 Å². The molecule has 0 saturated heterocycles. The summed E-state index contributed by atoms with van der Waals surface area (Å²) in [7, 11) is 0. The first-order chi connectivity index (χ1) is 25.4. The van der Waals surface area contributed by atoms with Crippen molar-refractivity contribution in [2.45, 2.75) is 121 Å². The second-order valence-corrected chi connectivity index (χ2v) is 16.2. The molecule has 0 atom stereocenters. The fourth-order valence-electron chi connectivity index (χ4n) is 6.48. The molecule has 0 saturated carbocycles. The highest BCUT2D eigenvalue weighted by atomic mass is 16.5. The third kappa shape index (κ3) is 11.8. The van der Waals surface area contributed by atoms with E-state index in [-0.39, 0.29) is 26.4 Å². The van der Waals surface area contributed by atoms with Crippen LogP contribution in [0.3, 0.4) is 0 Å². The Morgan fingerprint density at radius 2 is 0.648 bits per heavy atom. The zero-order valence-corrected chi connectivity index (χ0v) is 34.7. The number of allylic oxidation sites excluding steroid dienone is 4. The van der Waals surface area contributed by atoms with Crippen LogP contribution >= 0.6 is 0 Å². The highest BCUT2D eigenvalue weighted by Gasteiger charge is 2.40. The molecule has 2 aliphatic heterocycles. The molecule has 2 aliphatic rings. The van der Waals surface area contributed by atoms with E-state index in [2.05, 4.69) is 66.0 Å². The van der Waals surface area contributed by atoms with Gasteiger partial charge in [-0.3, -0.25) is 0 Å². The molecule has 0 spiro atoms. The highest BCUT2D eigenvalue weighted by molar-refractivity contribution is 6.01. The van der Waals surface area contributed by atoms with Crippen molar-refractivity contribution >= 4 is 23.9 Å². The van der Waals surface area contributed by atoms with Crippen LogP contribution in [0.4, 0.5) is 0 Å². The van der Waals surface area contributed by atoms with Crippen LogP contribution < -0.4 is 10.6 Å². The maximum Gasteiger partial charge on any atom is 0.336 e. The Balaban J connectivity index is 2.15. The minimum absolute atomic E-state index is 0.245. The predicted molar refractivity (Wildman–Crippen MR) is 211 cm³/mol. The number of ether oxygens (including phenoxy) is 4. The van der Waals surface area contributed by atoms with E-state index in [1.54, 1.807) is 27.7 Å². The number of benzene rings is 1. The van der Waals surface area contributed by atoms with E-state index in [4.69, 9.17) is 18.9 Å². The van der Waals surface area contributed by atoms with Gasteiger partial charge in [-0.05, 0) is 88.2 Å². The standard InChI is InChI=1S/C44H64N2O8/c1-25(2)17-21-51-41(47)35-29(9)45-30(10)36(42(48)52-22-18-26(3)4)39(35)33-13-15-34(16-14-33)40-37(43(49)53-23-19-27(5)6)31(11)46-32(12)38(40)44(50)54-24-20-28(7)8/h13-16,25-28,39-40,45-46H,17-24H2,1-12H3. The monoisotopic (exact) mass is 748 g/mol. The number of nitrogens with one attached hydrogen (secondary N) is 2. The van der Waals surface area contributed by atoms with Gasteiger partial charge in [0.2, 0.25) is 0 Å². The molecule has 2 heterocycles. The van der Waals surface area contributed by atoms with Gasteiger partial charge >= 0.3 is 23.9 Å². The first-order valence-electron chi connectivity index (χ1n) is 19.6. The van der Waals surface area contributed by atoms with Crippen LogP contribution in [-0.2, 0) is 38.1 Å². The summed E-state index contributed by atoms with van der Waals surface area (Å²) in [6, 6.07) is 7.35. The van der Waals surface area contributed by atoms with Crippen molar-refractivity contribution in [2.24, 2.45) is 23.7 Å². The Hall–Kier alpha value is -4.34. The van der Waals surface area contributed by atoms with Crippen LogP contribution in [0.15, 0.2) is 69.3 Å². The first-order valence-corrected chi connectivity index (χ1v) is 19.6. The number of hydrogen-bond acceptors (Lipinski definition) is 10. The Morgan fingerprint density at radius 1 is 0.444 bits per heavy atom. The smallest absolute Gasteiger partial charge is 0.336 e. The van der Waals surface area contributed by atoms with Crippen molar-refractivity contribution in [2.75, 3.05) is 26.4 Å². The average Bonchev–Trinajstić information content (AvgIpc) is 3.06. The second-order valence-electron chi connectivity index (χ2n) is 16.2. The SMILES string of the molecule is CC1=C(C(=O)OCCC(C)C)C(c2ccc(C3C(C(=O)OCCC(C)C)=C(C)NC(C)=C3C(=O)OCCC(C)C)cc2)C(C(=O)OCCC(C)C)=C(C)N1. The molecule has 0 amide bonds. The topological polar surface area (TPSA) is 129 Å². The third-order valence-electron chi connectivity index (χ3n) is 9.72. The molecule has 1 aromatic carbocycles. The van der Waals surface area contributed by atoms with Crippen LogP contribution in [-0.4, -0.2) is 50.3 Å². The molecular formula is C44H64N2O8. The maximum atomic E-state index is 13.8. The van der Waals surface area contributed by atoms with Gasteiger partial charge in [0, 0.05) is 22.8 Å². The number of carbonyl (C=O) groups is 4. The number of hydrogen-bond donors (Lipinski definition) is 2. The van der Waals surface area contributed by atoms with Crippen LogP contribution in [0.1, 0.15) is 132 Å². The van der Waals surface area contributed by atoms with Crippen LogP contribution in [0, 0.1) is 23.7 Å². The van der Waals surface area contributed by atoms with Crippen molar-refractivity contribution in [3.05, 3.63) is 80.5 Å². The fraction of sp³-hybridized carbons (Fsp3) is 0.591. The first kappa shape index (κ1) is 44.1. The van der Waals surface area contributed by atoms with Gasteiger partial charge in [0.15, 0.2) is 0 Å². The van der Waals surface area contributed by atoms with Gasteiger partial charge in [-0.25, -0.2) is 19.2 Å². The van der Waals surface area contributed by atoms with Crippen molar-refractivity contribution in [1.82, 2.24) is 10.6 Å². The summed E-state index contributed by atoms with van der Waals surface area (Å²) in [6.45, 7) is 24.7. The van der Waals surface area contributed by atoms with Gasteiger partial charge in [-0.1, -0.05) is 79.7 Å². The van der Waals surface area contributed by atoms with Crippen LogP contribution in [0.5, 0.6) is 0 Å². The summed E-state index contributed by atoms with van der Waals surface area (Å²) in [4.78, 5) is 55.3. The van der Waals surface area contributed by atoms with Gasteiger partial charge in [-0.15, -0.1) is 0 Å². The number of dihydropyridines is 2. The van der Waals surface area contributed by atoms with Crippen molar-refractivity contribution in [3.8, 4) is 0 Å². The molecular weight excluding hydrogens is 684 g/mol. The second kappa shape index (κ2) is 20.4. The molecule has 2 N–H and O–H groups in total. The Bertz CT molecular complexity index is 1430. The summed E-state index contributed by atoms with van der Waals surface area (Å²) in [5.74, 6) is -2.26. The zero-order valence-electron chi connectivity index (χ0n) is 34.7. The molecule has 0 aromatic heterocycles. The van der Waals surface area contributed by atoms with Gasteiger partial charge < -0.3 is 29.6 Å².